The van der Waals surface area contributed by atoms with Gasteiger partial charge in [-0.1, -0.05) is 0 Å². The monoisotopic (exact) mass is 353 g/mol. The second kappa shape index (κ2) is 6.92. The summed E-state index contributed by atoms with van der Waals surface area (Å²) in [6.45, 7) is 3.26. The molecule has 6 nitrogen and oxygen atoms in total. The molecule has 0 atom stereocenters. The Labute approximate surface area is 150 Å². The summed E-state index contributed by atoms with van der Waals surface area (Å²) in [6.07, 6.45) is 0. The van der Waals surface area contributed by atoms with Gasteiger partial charge in [0.15, 0.2) is 5.76 Å². The molecular formula is C20H19NO5. The average Bonchev–Trinajstić information content (AvgIpc) is 2.96. The fourth-order valence-corrected chi connectivity index (χ4v) is 2.84. The highest BCUT2D eigenvalue weighted by Gasteiger charge is 2.23. The maximum absolute atomic E-state index is 13.0. The van der Waals surface area contributed by atoms with Gasteiger partial charge in [0.25, 0.3) is 0 Å². The van der Waals surface area contributed by atoms with Gasteiger partial charge in [-0.25, -0.2) is 0 Å². The second-order valence-corrected chi connectivity index (χ2v) is 5.84. The van der Waals surface area contributed by atoms with E-state index in [0.717, 1.165) is 10.9 Å². The van der Waals surface area contributed by atoms with E-state index < -0.39 is 0 Å². The molecule has 0 aliphatic heterocycles. The van der Waals surface area contributed by atoms with Crippen molar-refractivity contribution < 1.29 is 23.5 Å². The molecule has 0 unspecified atom stereocenters. The van der Waals surface area contributed by atoms with E-state index in [-0.39, 0.29) is 17.5 Å². The van der Waals surface area contributed by atoms with Crippen molar-refractivity contribution in [2.75, 3.05) is 19.5 Å². The first-order valence-electron chi connectivity index (χ1n) is 8.02. The summed E-state index contributed by atoms with van der Waals surface area (Å²) in [6, 6.07) is 10.3. The van der Waals surface area contributed by atoms with E-state index in [1.807, 2.05) is 13.0 Å². The fraction of sp³-hybridized carbons (Fsp3) is 0.200. The number of rotatable bonds is 5. The third-order valence-corrected chi connectivity index (χ3v) is 4.12. The summed E-state index contributed by atoms with van der Waals surface area (Å²) in [4.78, 5) is 24.3. The van der Waals surface area contributed by atoms with Crippen LogP contribution in [0.4, 0.5) is 5.69 Å². The molecule has 0 saturated heterocycles. The third-order valence-electron chi connectivity index (χ3n) is 4.12. The van der Waals surface area contributed by atoms with Crippen molar-refractivity contribution in [2.24, 2.45) is 0 Å². The summed E-state index contributed by atoms with van der Waals surface area (Å²) in [5.41, 5.74) is 2.22. The van der Waals surface area contributed by atoms with Crippen LogP contribution in [0.25, 0.3) is 11.0 Å². The first kappa shape index (κ1) is 17.5. The van der Waals surface area contributed by atoms with Gasteiger partial charge in [-0.05, 0) is 37.3 Å². The molecule has 3 aromatic rings. The molecule has 6 heteroatoms. The molecule has 2 aromatic carbocycles. The predicted molar refractivity (Wildman–Crippen MR) is 98.2 cm³/mol. The van der Waals surface area contributed by atoms with Gasteiger partial charge < -0.3 is 19.2 Å². The Bertz CT molecular complexity index is 1000. The van der Waals surface area contributed by atoms with E-state index in [2.05, 4.69) is 5.32 Å². The number of methoxy groups -OCH3 is 2. The first-order chi connectivity index (χ1) is 12.4. The Morgan fingerprint density at radius 2 is 1.81 bits per heavy atom. The maximum Gasteiger partial charge on any atom is 0.232 e. The highest BCUT2D eigenvalue weighted by atomic mass is 16.5. The average molecular weight is 353 g/mol. The van der Waals surface area contributed by atoms with Gasteiger partial charge in [0, 0.05) is 29.6 Å². The Balaban J connectivity index is 2.09. The standard InChI is InChI=1S/C20H19NO5/c1-11-15-7-5-13(21-12(2)22)9-18(15)26-20(11)19(23)16-10-14(24-3)6-8-17(16)25-4/h5-10H,1-4H3,(H,21,22). The Morgan fingerprint density at radius 1 is 1.04 bits per heavy atom. The molecule has 0 saturated carbocycles. The van der Waals surface area contributed by atoms with Gasteiger partial charge in [-0.15, -0.1) is 0 Å². The summed E-state index contributed by atoms with van der Waals surface area (Å²) in [5.74, 6) is 0.748. The summed E-state index contributed by atoms with van der Waals surface area (Å²) >= 11 is 0. The molecule has 1 N–H and O–H groups in total. The van der Waals surface area contributed by atoms with E-state index in [1.165, 1.54) is 21.1 Å². The van der Waals surface area contributed by atoms with Crippen molar-refractivity contribution >= 4 is 28.3 Å². The van der Waals surface area contributed by atoms with Gasteiger partial charge in [-0.2, -0.15) is 0 Å². The molecule has 0 aliphatic carbocycles. The molecule has 0 aliphatic rings. The topological polar surface area (TPSA) is 77.8 Å². The van der Waals surface area contributed by atoms with Crippen LogP contribution in [0.2, 0.25) is 0 Å². The number of amides is 1. The van der Waals surface area contributed by atoms with Crippen LogP contribution < -0.4 is 14.8 Å². The zero-order chi connectivity index (χ0) is 18.8. The molecule has 0 spiro atoms. The number of fused-ring (bicyclic) bond motifs is 1. The lowest BCUT2D eigenvalue weighted by Gasteiger charge is -2.08. The number of ether oxygens (including phenoxy) is 2. The maximum atomic E-state index is 13.0. The molecule has 1 heterocycles. The first-order valence-corrected chi connectivity index (χ1v) is 8.02. The molecule has 3 rings (SSSR count). The molecule has 1 amide bonds. The minimum Gasteiger partial charge on any atom is -0.497 e. The van der Waals surface area contributed by atoms with E-state index in [9.17, 15) is 9.59 Å². The Morgan fingerprint density at radius 3 is 2.46 bits per heavy atom. The molecule has 1 aromatic heterocycles. The molecule has 134 valence electrons. The lowest BCUT2D eigenvalue weighted by Crippen LogP contribution is -2.05. The van der Waals surface area contributed by atoms with Gasteiger partial charge in [0.2, 0.25) is 11.7 Å². The van der Waals surface area contributed by atoms with E-state index in [1.54, 1.807) is 30.3 Å². The molecular weight excluding hydrogens is 334 g/mol. The minimum atomic E-state index is -0.296. The van der Waals surface area contributed by atoms with E-state index in [4.69, 9.17) is 13.9 Å². The van der Waals surface area contributed by atoms with Crippen LogP contribution in [0.15, 0.2) is 40.8 Å². The fourth-order valence-electron chi connectivity index (χ4n) is 2.84. The van der Waals surface area contributed by atoms with Crippen LogP contribution in [0.3, 0.4) is 0 Å². The van der Waals surface area contributed by atoms with Crippen LogP contribution in [-0.4, -0.2) is 25.9 Å². The smallest absolute Gasteiger partial charge is 0.232 e. The number of benzene rings is 2. The summed E-state index contributed by atoms with van der Waals surface area (Å²) in [7, 11) is 3.04. The largest absolute Gasteiger partial charge is 0.497 e. The van der Waals surface area contributed by atoms with Crippen LogP contribution >= 0.6 is 0 Å². The zero-order valence-corrected chi connectivity index (χ0v) is 15.0. The zero-order valence-electron chi connectivity index (χ0n) is 15.0. The second-order valence-electron chi connectivity index (χ2n) is 5.84. The number of nitrogens with one attached hydrogen (secondary N) is 1. The molecule has 0 bridgehead atoms. The van der Waals surface area contributed by atoms with Crippen molar-refractivity contribution in [1.82, 2.24) is 0 Å². The summed E-state index contributed by atoms with van der Waals surface area (Å²) < 4.78 is 16.3. The summed E-state index contributed by atoms with van der Waals surface area (Å²) in [5, 5.41) is 3.51. The number of ketones is 1. The number of hydrogen-bond donors (Lipinski definition) is 1. The quantitative estimate of drug-likeness (QED) is 0.703. The third kappa shape index (κ3) is 3.13. The van der Waals surface area contributed by atoms with Crippen LogP contribution in [-0.2, 0) is 4.79 Å². The number of aryl methyl sites for hydroxylation is 1. The van der Waals surface area contributed by atoms with Crippen LogP contribution in [0.5, 0.6) is 11.5 Å². The molecule has 0 fully saturated rings. The minimum absolute atomic E-state index is 0.176. The number of anilines is 1. The highest BCUT2D eigenvalue weighted by molar-refractivity contribution is 6.12. The Hall–Kier alpha value is -3.28. The number of carbonyl (C=O) groups is 2. The highest BCUT2D eigenvalue weighted by Crippen LogP contribution is 2.32. The number of furan rings is 1. The van der Waals surface area contributed by atoms with Crippen LogP contribution in [0, 0.1) is 6.92 Å². The molecule has 26 heavy (non-hydrogen) atoms. The van der Waals surface area contributed by atoms with Crippen LogP contribution in [0.1, 0.15) is 28.6 Å². The van der Waals surface area contributed by atoms with E-state index >= 15 is 0 Å². The lowest BCUT2D eigenvalue weighted by molar-refractivity contribution is -0.114. The van der Waals surface area contributed by atoms with Gasteiger partial charge in [0.1, 0.15) is 17.1 Å². The lowest BCUT2D eigenvalue weighted by atomic mass is 10.0. The SMILES string of the molecule is COc1ccc(OC)c(C(=O)c2oc3cc(NC(C)=O)ccc3c2C)c1. The van der Waals surface area contributed by atoms with Crippen molar-refractivity contribution in [2.45, 2.75) is 13.8 Å². The number of hydrogen-bond acceptors (Lipinski definition) is 5. The Kier molecular flexibility index (Phi) is 4.67. The van der Waals surface area contributed by atoms with Crippen molar-refractivity contribution in [3.05, 3.63) is 53.3 Å². The van der Waals surface area contributed by atoms with Gasteiger partial charge >= 0.3 is 0 Å². The normalized spacial score (nSPS) is 10.6. The van der Waals surface area contributed by atoms with Crippen molar-refractivity contribution in [1.29, 1.82) is 0 Å². The van der Waals surface area contributed by atoms with Gasteiger partial charge in [-0.3, -0.25) is 9.59 Å². The van der Waals surface area contributed by atoms with Gasteiger partial charge in [0.05, 0.1) is 19.8 Å². The van der Waals surface area contributed by atoms with Crippen molar-refractivity contribution in [3.8, 4) is 11.5 Å². The van der Waals surface area contributed by atoms with E-state index in [0.29, 0.717) is 28.3 Å². The predicted octanol–water partition coefficient (Wildman–Crippen LogP) is 3.95. The molecule has 0 radical (unpaired) electrons. The number of carbonyl (C=O) groups excluding carboxylic acids is 2. The van der Waals surface area contributed by atoms with Crippen molar-refractivity contribution in [3.63, 3.8) is 0 Å².